The first kappa shape index (κ1) is 93.7. The average Bonchev–Trinajstić information content (AvgIpc) is 1.38. The highest BCUT2D eigenvalue weighted by Gasteiger charge is 2.25. The lowest BCUT2D eigenvalue weighted by atomic mass is 10.0. The van der Waals surface area contributed by atoms with E-state index in [1.54, 1.807) is 0 Å². The molecule has 564 valence electrons. The molecule has 2 unspecified atom stereocenters. The van der Waals surface area contributed by atoms with Crippen LogP contribution in [0.1, 0.15) is 367 Å². The second kappa shape index (κ2) is 78.4. The number of hydrogen-bond acceptors (Lipinski definition) is 7. The Bertz CT molecular complexity index is 2030. The van der Waals surface area contributed by atoms with Gasteiger partial charge in [0, 0.05) is 12.8 Å². The van der Waals surface area contributed by atoms with E-state index in [-0.39, 0.29) is 32.2 Å². The number of hydrogen-bond donors (Lipinski definition) is 1. The lowest BCUT2D eigenvalue weighted by molar-refractivity contribution is -0.870. The van der Waals surface area contributed by atoms with Crippen LogP contribution in [0.3, 0.4) is 0 Å². The maximum absolute atomic E-state index is 13.0. The van der Waals surface area contributed by atoms with Gasteiger partial charge in [-0.2, -0.15) is 0 Å². The summed E-state index contributed by atoms with van der Waals surface area (Å²) in [6, 6.07) is 0. The number of aliphatic carboxylic acids is 1. The molecular formula is C89H156NO8+. The van der Waals surface area contributed by atoms with Crippen LogP contribution in [0.15, 0.2) is 122 Å². The summed E-state index contributed by atoms with van der Waals surface area (Å²) in [6.45, 7) is 4.80. The van der Waals surface area contributed by atoms with Crippen molar-refractivity contribution in [2.75, 3.05) is 47.5 Å². The number of esters is 2. The molecule has 9 nitrogen and oxygen atoms in total. The minimum Gasteiger partial charge on any atom is -0.477 e. The zero-order valence-electron chi connectivity index (χ0n) is 64.7. The largest absolute Gasteiger partial charge is 0.477 e. The van der Waals surface area contributed by atoms with Crippen LogP contribution in [-0.4, -0.2) is 87.4 Å². The molecule has 0 saturated carbocycles. The molecule has 0 heterocycles. The number of carbonyl (C=O) groups is 3. The first-order valence-corrected chi connectivity index (χ1v) is 41.2. The van der Waals surface area contributed by atoms with Crippen molar-refractivity contribution in [3.8, 4) is 0 Å². The number of carbonyl (C=O) groups excluding carboxylic acids is 2. The first-order valence-electron chi connectivity index (χ1n) is 41.2. The van der Waals surface area contributed by atoms with Crippen molar-refractivity contribution in [3.63, 3.8) is 0 Å². The maximum Gasteiger partial charge on any atom is 0.361 e. The van der Waals surface area contributed by atoms with Crippen LogP contribution in [-0.2, 0) is 33.3 Å². The van der Waals surface area contributed by atoms with Gasteiger partial charge in [-0.1, -0.05) is 386 Å². The molecule has 0 aromatic heterocycles. The van der Waals surface area contributed by atoms with E-state index < -0.39 is 24.3 Å². The molecule has 98 heavy (non-hydrogen) atoms. The van der Waals surface area contributed by atoms with Crippen LogP contribution in [0.5, 0.6) is 0 Å². The van der Waals surface area contributed by atoms with Crippen molar-refractivity contribution in [1.29, 1.82) is 0 Å². The maximum atomic E-state index is 13.0. The van der Waals surface area contributed by atoms with E-state index in [4.69, 9.17) is 18.9 Å². The van der Waals surface area contributed by atoms with Crippen LogP contribution in [0.4, 0.5) is 0 Å². The summed E-state index contributed by atoms with van der Waals surface area (Å²) < 4.78 is 23.0. The van der Waals surface area contributed by atoms with Crippen molar-refractivity contribution in [3.05, 3.63) is 122 Å². The molecular weight excluding hydrogens is 1210 g/mol. The van der Waals surface area contributed by atoms with Crippen LogP contribution < -0.4 is 0 Å². The average molecular weight is 1370 g/mol. The predicted octanol–water partition coefficient (Wildman–Crippen LogP) is 26.6. The molecule has 0 radical (unpaired) electrons. The quantitative estimate of drug-likeness (QED) is 0.0211. The van der Waals surface area contributed by atoms with Crippen LogP contribution >= 0.6 is 0 Å². The zero-order chi connectivity index (χ0) is 71.1. The summed E-state index contributed by atoms with van der Waals surface area (Å²) in [4.78, 5) is 37.8. The van der Waals surface area contributed by atoms with Gasteiger partial charge < -0.3 is 28.5 Å². The topological polar surface area (TPSA) is 108 Å². The number of allylic oxidation sites excluding steroid dienone is 20. The SMILES string of the molecule is CC/C=C\C/C=C\C/C=C\C/C=C\C/C=C\C/C=C\C/C=C\C/C=C\C/C=C\C/C=C\CCCCCCCCCCC(=O)OC(COC(=O)CCCCCCCCCCCCCCCCCCCCCCCCCCCCCCCCCCCC)COC(OCC[N+](C)(C)C)C(=O)O. The minimum atomic E-state index is -1.52. The monoisotopic (exact) mass is 1370 g/mol. The Morgan fingerprint density at radius 2 is 0.582 bits per heavy atom. The van der Waals surface area contributed by atoms with Gasteiger partial charge >= 0.3 is 17.9 Å². The Morgan fingerprint density at radius 3 is 0.867 bits per heavy atom. The summed E-state index contributed by atoms with van der Waals surface area (Å²) in [5.74, 6) is -2.01. The van der Waals surface area contributed by atoms with E-state index in [0.717, 1.165) is 109 Å². The Hall–Kier alpha value is -4.31. The normalized spacial score (nSPS) is 13.3. The third kappa shape index (κ3) is 79.0. The predicted molar refractivity (Wildman–Crippen MR) is 424 cm³/mol. The van der Waals surface area contributed by atoms with E-state index in [1.807, 2.05) is 21.1 Å². The van der Waals surface area contributed by atoms with Gasteiger partial charge in [-0.05, 0) is 89.9 Å². The summed E-state index contributed by atoms with van der Waals surface area (Å²) >= 11 is 0. The van der Waals surface area contributed by atoms with Crippen molar-refractivity contribution < 1.29 is 42.9 Å². The Labute approximate surface area is 606 Å². The summed E-state index contributed by atoms with van der Waals surface area (Å²) in [6.07, 6.45) is 109. The highest BCUT2D eigenvalue weighted by molar-refractivity contribution is 5.71. The Morgan fingerprint density at radius 1 is 0.316 bits per heavy atom. The fraction of sp³-hybridized carbons (Fsp3) is 0.742. The van der Waals surface area contributed by atoms with E-state index in [2.05, 4.69) is 135 Å². The van der Waals surface area contributed by atoms with E-state index in [1.165, 1.54) is 225 Å². The van der Waals surface area contributed by atoms with Gasteiger partial charge in [-0.15, -0.1) is 0 Å². The van der Waals surface area contributed by atoms with Gasteiger partial charge in [0.15, 0.2) is 6.10 Å². The molecule has 0 aliphatic carbocycles. The molecule has 0 rings (SSSR count). The smallest absolute Gasteiger partial charge is 0.361 e. The first-order chi connectivity index (χ1) is 48.1. The molecule has 1 N–H and O–H groups in total. The Kier molecular flexibility index (Phi) is 75.0. The van der Waals surface area contributed by atoms with Crippen LogP contribution in [0, 0.1) is 0 Å². The minimum absolute atomic E-state index is 0.182. The van der Waals surface area contributed by atoms with E-state index in [0.29, 0.717) is 23.9 Å². The molecule has 0 fully saturated rings. The van der Waals surface area contributed by atoms with Crippen molar-refractivity contribution in [2.24, 2.45) is 0 Å². The molecule has 0 amide bonds. The number of carboxylic acid groups (broad SMARTS) is 1. The molecule has 0 saturated heterocycles. The number of unbranched alkanes of at least 4 members (excludes halogenated alkanes) is 41. The molecule has 0 aromatic carbocycles. The molecule has 9 heteroatoms. The molecule has 0 aromatic rings. The van der Waals surface area contributed by atoms with Gasteiger partial charge in [0.25, 0.3) is 6.29 Å². The zero-order valence-corrected chi connectivity index (χ0v) is 64.7. The standard InChI is InChI=1S/C89H155NO8/c1-6-8-10-12-14-16-18-20-22-24-26-28-30-32-34-36-38-40-42-43-44-45-46-48-50-52-54-56-58-60-62-64-66-68-70-72-74-76-78-80-87(92)98-85(84-97-89(88(93)94)95-82-81-90(3,4)5)83-96-86(91)79-77-75-73-71-69-67-65-63-61-59-57-55-53-51-49-47-41-39-37-35-33-31-29-27-25-23-21-19-17-15-13-11-9-7-2/h8,10,14,16,20,22,26,28,32,34,38,40,43-44,46,48,52,54,58,60,85,89H,6-7,9,11-13,15,17-19,21,23-25,27,29-31,33,35-37,39,41-42,45,47,49-51,53,55-57,59,61-84H2,1-5H3/p+1/b10-8-,16-14-,22-20-,28-26-,34-32-,40-38-,44-43-,48-46-,54-52-,60-58-. The highest BCUT2D eigenvalue weighted by atomic mass is 16.7. The number of quaternary nitrogens is 1. The van der Waals surface area contributed by atoms with Crippen LogP contribution in [0.2, 0.25) is 0 Å². The van der Waals surface area contributed by atoms with Crippen molar-refractivity contribution in [2.45, 2.75) is 379 Å². The lowest BCUT2D eigenvalue weighted by Crippen LogP contribution is -2.40. The van der Waals surface area contributed by atoms with Crippen molar-refractivity contribution in [1.82, 2.24) is 0 Å². The number of carboxylic acids is 1. The molecule has 0 spiro atoms. The number of nitrogens with zero attached hydrogens (tertiary/aromatic N) is 1. The van der Waals surface area contributed by atoms with E-state index in [9.17, 15) is 19.5 Å². The van der Waals surface area contributed by atoms with Gasteiger partial charge in [0.2, 0.25) is 0 Å². The van der Waals surface area contributed by atoms with E-state index >= 15 is 0 Å². The summed E-state index contributed by atoms with van der Waals surface area (Å²) in [7, 11) is 5.98. The van der Waals surface area contributed by atoms with Gasteiger partial charge in [-0.3, -0.25) is 9.59 Å². The van der Waals surface area contributed by atoms with Crippen molar-refractivity contribution >= 4 is 17.9 Å². The van der Waals surface area contributed by atoms with Gasteiger partial charge in [0.1, 0.15) is 13.2 Å². The molecule has 0 bridgehead atoms. The number of likely N-dealkylation sites (N-methyl/N-ethyl adjacent to an activating group) is 1. The second-order valence-electron chi connectivity index (χ2n) is 28.7. The summed E-state index contributed by atoms with van der Waals surface area (Å²) in [5, 5.41) is 9.78. The van der Waals surface area contributed by atoms with Gasteiger partial charge in [0.05, 0.1) is 34.4 Å². The highest BCUT2D eigenvalue weighted by Crippen LogP contribution is 2.19. The fourth-order valence-corrected chi connectivity index (χ4v) is 11.8. The molecule has 0 aliphatic rings. The number of rotatable bonds is 76. The molecule has 0 aliphatic heterocycles. The third-order valence-corrected chi connectivity index (χ3v) is 18.0. The summed E-state index contributed by atoms with van der Waals surface area (Å²) in [5.41, 5.74) is 0. The Balaban J connectivity index is 4.07. The second-order valence-corrected chi connectivity index (χ2v) is 28.7. The third-order valence-electron chi connectivity index (χ3n) is 18.0. The lowest BCUT2D eigenvalue weighted by Gasteiger charge is -2.25. The molecule has 2 atom stereocenters. The fourth-order valence-electron chi connectivity index (χ4n) is 11.8. The number of ether oxygens (including phenoxy) is 4. The van der Waals surface area contributed by atoms with Gasteiger partial charge in [-0.25, -0.2) is 4.79 Å². The van der Waals surface area contributed by atoms with Crippen LogP contribution in [0.25, 0.3) is 0 Å².